The van der Waals surface area contributed by atoms with Gasteiger partial charge in [-0.1, -0.05) is 6.07 Å². The standard InChI is InChI=1S/C16H18F3N3O2/c1-10-14(23)21(15(24)22(10)12-5-3-6-12)9-8-11-4-2-7-13(20-11)16(17,18)19/h2,4,7,10,12H,3,5-6,8-9H2,1H3. The van der Waals surface area contributed by atoms with Crippen LogP contribution in [-0.4, -0.2) is 45.4 Å². The van der Waals surface area contributed by atoms with E-state index in [0.717, 1.165) is 30.2 Å². The number of hydrogen-bond acceptors (Lipinski definition) is 3. The zero-order valence-corrected chi connectivity index (χ0v) is 13.2. The van der Waals surface area contributed by atoms with Crippen LogP contribution in [0.3, 0.4) is 0 Å². The fourth-order valence-corrected chi connectivity index (χ4v) is 3.09. The number of carbonyl (C=O) groups excluding carboxylic acids is 2. The summed E-state index contributed by atoms with van der Waals surface area (Å²) in [5.41, 5.74) is -0.760. The first kappa shape index (κ1) is 16.7. The highest BCUT2D eigenvalue weighted by Gasteiger charge is 2.46. The lowest BCUT2D eigenvalue weighted by Gasteiger charge is -2.35. The molecule has 1 atom stereocenters. The van der Waals surface area contributed by atoms with Crippen molar-refractivity contribution in [3.05, 3.63) is 29.6 Å². The number of halogens is 3. The number of pyridine rings is 1. The number of amides is 3. The van der Waals surface area contributed by atoms with E-state index < -0.39 is 17.9 Å². The maximum absolute atomic E-state index is 12.7. The molecule has 2 heterocycles. The van der Waals surface area contributed by atoms with Crippen LogP contribution in [-0.2, 0) is 17.4 Å². The largest absolute Gasteiger partial charge is 0.433 e. The zero-order valence-electron chi connectivity index (χ0n) is 13.2. The highest BCUT2D eigenvalue weighted by molar-refractivity contribution is 6.04. The zero-order chi connectivity index (χ0) is 17.5. The van der Waals surface area contributed by atoms with E-state index in [1.165, 1.54) is 12.1 Å². The summed E-state index contributed by atoms with van der Waals surface area (Å²) in [5.74, 6) is -0.293. The van der Waals surface area contributed by atoms with Crippen LogP contribution < -0.4 is 0 Å². The molecule has 130 valence electrons. The van der Waals surface area contributed by atoms with Crippen LogP contribution in [0.5, 0.6) is 0 Å². The van der Waals surface area contributed by atoms with Crippen molar-refractivity contribution in [3.8, 4) is 0 Å². The highest BCUT2D eigenvalue weighted by Crippen LogP contribution is 2.31. The third kappa shape index (κ3) is 2.97. The minimum Gasteiger partial charge on any atom is -0.310 e. The number of carbonyl (C=O) groups is 2. The fraction of sp³-hybridized carbons (Fsp3) is 0.562. The van der Waals surface area contributed by atoms with Crippen molar-refractivity contribution >= 4 is 11.9 Å². The molecule has 1 unspecified atom stereocenters. The van der Waals surface area contributed by atoms with E-state index in [2.05, 4.69) is 4.98 Å². The van der Waals surface area contributed by atoms with Gasteiger partial charge in [0.15, 0.2) is 0 Å². The van der Waals surface area contributed by atoms with E-state index in [1.54, 1.807) is 11.8 Å². The van der Waals surface area contributed by atoms with Crippen LogP contribution in [0.2, 0.25) is 0 Å². The Hall–Kier alpha value is -2.12. The first-order chi connectivity index (χ1) is 11.3. The van der Waals surface area contributed by atoms with Crippen molar-refractivity contribution in [2.75, 3.05) is 6.54 Å². The average molecular weight is 341 g/mol. The van der Waals surface area contributed by atoms with Crippen LogP contribution in [0.15, 0.2) is 18.2 Å². The van der Waals surface area contributed by atoms with Crippen LogP contribution >= 0.6 is 0 Å². The topological polar surface area (TPSA) is 53.5 Å². The van der Waals surface area contributed by atoms with Gasteiger partial charge in [0.2, 0.25) is 0 Å². The lowest BCUT2D eigenvalue weighted by atomic mass is 9.91. The van der Waals surface area contributed by atoms with Gasteiger partial charge < -0.3 is 4.90 Å². The maximum Gasteiger partial charge on any atom is 0.433 e. The molecule has 0 radical (unpaired) electrons. The van der Waals surface area contributed by atoms with Gasteiger partial charge >= 0.3 is 12.2 Å². The molecule has 3 rings (SSSR count). The first-order valence-corrected chi connectivity index (χ1v) is 7.96. The van der Waals surface area contributed by atoms with Crippen LogP contribution in [0.1, 0.15) is 37.6 Å². The van der Waals surface area contributed by atoms with Gasteiger partial charge in [-0.3, -0.25) is 9.69 Å². The van der Waals surface area contributed by atoms with Crippen LogP contribution in [0.25, 0.3) is 0 Å². The molecule has 0 aromatic carbocycles. The molecule has 1 aromatic rings. The molecule has 0 spiro atoms. The van der Waals surface area contributed by atoms with Gasteiger partial charge in [0, 0.05) is 24.7 Å². The SMILES string of the molecule is CC1C(=O)N(CCc2cccc(C(F)(F)F)n2)C(=O)N1C1CCC1. The molecule has 5 nitrogen and oxygen atoms in total. The number of urea groups is 1. The number of hydrogen-bond donors (Lipinski definition) is 0. The first-order valence-electron chi connectivity index (χ1n) is 7.96. The number of alkyl halides is 3. The number of nitrogens with zero attached hydrogens (tertiary/aromatic N) is 3. The summed E-state index contributed by atoms with van der Waals surface area (Å²) in [7, 11) is 0. The van der Waals surface area contributed by atoms with Gasteiger partial charge in [0.1, 0.15) is 11.7 Å². The molecular formula is C16H18F3N3O2. The molecule has 3 amide bonds. The molecule has 0 bridgehead atoms. The molecule has 1 aliphatic carbocycles. The molecule has 2 aliphatic rings. The Morgan fingerprint density at radius 3 is 2.54 bits per heavy atom. The molecule has 0 N–H and O–H groups in total. The van der Waals surface area contributed by atoms with Crippen molar-refractivity contribution in [2.45, 2.75) is 50.9 Å². The van der Waals surface area contributed by atoms with E-state index in [4.69, 9.17) is 0 Å². The molecule has 1 aromatic heterocycles. The van der Waals surface area contributed by atoms with Gasteiger partial charge in [-0.15, -0.1) is 0 Å². The predicted octanol–water partition coefficient (Wildman–Crippen LogP) is 2.85. The summed E-state index contributed by atoms with van der Waals surface area (Å²) in [6.45, 7) is 1.74. The molecule has 2 fully saturated rings. The molecule has 1 aliphatic heterocycles. The fourth-order valence-electron chi connectivity index (χ4n) is 3.09. The summed E-state index contributed by atoms with van der Waals surface area (Å²) in [5, 5.41) is 0. The normalized spacial score (nSPS) is 22.2. The van der Waals surface area contributed by atoms with Gasteiger partial charge in [0.25, 0.3) is 5.91 Å². The minimum atomic E-state index is -4.51. The number of aromatic nitrogens is 1. The Kier molecular flexibility index (Phi) is 4.23. The van der Waals surface area contributed by atoms with Crippen molar-refractivity contribution in [2.24, 2.45) is 0 Å². The van der Waals surface area contributed by atoms with E-state index in [9.17, 15) is 22.8 Å². The maximum atomic E-state index is 12.7. The van der Waals surface area contributed by atoms with Gasteiger partial charge in [-0.2, -0.15) is 13.2 Å². The van der Waals surface area contributed by atoms with Crippen LogP contribution in [0, 0.1) is 0 Å². The van der Waals surface area contributed by atoms with Gasteiger partial charge in [0.05, 0.1) is 0 Å². The van der Waals surface area contributed by atoms with Crippen LogP contribution in [0.4, 0.5) is 18.0 Å². The Bertz CT molecular complexity index is 658. The van der Waals surface area contributed by atoms with Crippen molar-refractivity contribution in [1.29, 1.82) is 0 Å². The molecule has 1 saturated heterocycles. The second-order valence-corrected chi connectivity index (χ2v) is 6.20. The van der Waals surface area contributed by atoms with E-state index in [0.29, 0.717) is 0 Å². The monoisotopic (exact) mass is 341 g/mol. The third-order valence-electron chi connectivity index (χ3n) is 4.65. The summed E-state index contributed by atoms with van der Waals surface area (Å²) in [6, 6.07) is 2.90. The highest BCUT2D eigenvalue weighted by atomic mass is 19.4. The Morgan fingerprint density at radius 1 is 1.25 bits per heavy atom. The summed E-state index contributed by atoms with van der Waals surface area (Å²) < 4.78 is 38.0. The summed E-state index contributed by atoms with van der Waals surface area (Å²) in [4.78, 5) is 31.0. The predicted molar refractivity (Wildman–Crippen MR) is 79.0 cm³/mol. The average Bonchev–Trinajstić information content (AvgIpc) is 2.68. The number of imide groups is 1. The van der Waals surface area contributed by atoms with Crippen molar-refractivity contribution < 1.29 is 22.8 Å². The summed E-state index contributed by atoms with van der Waals surface area (Å²) >= 11 is 0. The summed E-state index contributed by atoms with van der Waals surface area (Å²) in [6.07, 6.45) is -1.57. The second-order valence-electron chi connectivity index (χ2n) is 6.20. The van der Waals surface area contributed by atoms with E-state index in [-0.39, 0.29) is 36.6 Å². The smallest absolute Gasteiger partial charge is 0.310 e. The number of rotatable bonds is 4. The van der Waals surface area contributed by atoms with Gasteiger partial charge in [-0.25, -0.2) is 9.78 Å². The van der Waals surface area contributed by atoms with E-state index >= 15 is 0 Å². The quantitative estimate of drug-likeness (QED) is 0.792. The molecular weight excluding hydrogens is 323 g/mol. The Balaban J connectivity index is 1.68. The molecule has 1 saturated carbocycles. The van der Waals surface area contributed by atoms with E-state index in [1.807, 2.05) is 0 Å². The molecule has 8 heteroatoms. The third-order valence-corrected chi connectivity index (χ3v) is 4.65. The Morgan fingerprint density at radius 2 is 1.96 bits per heavy atom. The van der Waals surface area contributed by atoms with Gasteiger partial charge in [-0.05, 0) is 38.3 Å². The lowest BCUT2D eigenvalue weighted by molar-refractivity contribution is -0.141. The Labute approximate surface area is 137 Å². The lowest BCUT2D eigenvalue weighted by Crippen LogP contribution is -2.46. The van der Waals surface area contributed by atoms with Crippen molar-refractivity contribution in [1.82, 2.24) is 14.8 Å². The second kappa shape index (κ2) is 6.07. The minimum absolute atomic E-state index is 0.0412. The van der Waals surface area contributed by atoms with Crippen molar-refractivity contribution in [3.63, 3.8) is 0 Å². The molecule has 24 heavy (non-hydrogen) atoms.